The van der Waals surface area contributed by atoms with Crippen LogP contribution in [-0.4, -0.2) is 61.0 Å². The number of thiophene rings is 2. The molecule has 2 unspecified atom stereocenters. The van der Waals surface area contributed by atoms with Gasteiger partial charge in [0.15, 0.2) is 0 Å². The van der Waals surface area contributed by atoms with Crippen LogP contribution < -0.4 is 10.2 Å². The number of benzene rings is 2. The number of carboxylic acid groups (broad SMARTS) is 1. The number of carboxylic acids is 1. The van der Waals surface area contributed by atoms with Crippen molar-refractivity contribution in [2.45, 2.75) is 95.6 Å². The number of carbonyl (C=O) groups is 5. The second kappa shape index (κ2) is 19.4. The second-order valence-electron chi connectivity index (χ2n) is 14.8. The average Bonchev–Trinajstić information content (AvgIpc) is 3.86. The molecule has 2 atom stereocenters. The molecule has 3 aliphatic rings. The number of hydrogen-bond donors (Lipinski definition) is 2. The van der Waals surface area contributed by atoms with Gasteiger partial charge in [0.05, 0.1) is 38.4 Å². The highest BCUT2D eigenvalue weighted by Gasteiger charge is 2.41. The first-order valence-electron chi connectivity index (χ1n) is 19.5. The van der Waals surface area contributed by atoms with E-state index in [2.05, 4.69) is 5.32 Å². The lowest BCUT2D eigenvalue weighted by Crippen LogP contribution is -2.51. The average molecular weight is 799 g/mol. The number of Topliss-reactive ketones (excluding diaryl/α,β-unsaturated/α-hetero) is 1. The molecule has 2 N–H and O–H groups in total. The van der Waals surface area contributed by atoms with E-state index < -0.39 is 17.9 Å². The van der Waals surface area contributed by atoms with Crippen LogP contribution in [0.4, 0.5) is 11.4 Å². The number of rotatable bonds is 11. The molecule has 2 aliphatic carbocycles. The van der Waals surface area contributed by atoms with Crippen LogP contribution in [-0.2, 0) is 23.9 Å². The molecule has 10 nitrogen and oxygen atoms in total. The zero-order valence-corrected chi connectivity index (χ0v) is 33.6. The quantitative estimate of drug-likeness (QED) is 0.112. The third kappa shape index (κ3) is 9.94. The Balaban J connectivity index is 0.000000190. The molecule has 2 aromatic carbocycles. The molecule has 1 amide bonds. The van der Waals surface area contributed by atoms with E-state index in [-0.39, 0.29) is 36.6 Å². The van der Waals surface area contributed by atoms with E-state index in [1.165, 1.54) is 49.7 Å². The van der Waals surface area contributed by atoms with E-state index in [0.29, 0.717) is 39.4 Å². The molecule has 296 valence electrons. The van der Waals surface area contributed by atoms with Crippen molar-refractivity contribution in [3.05, 3.63) is 82.6 Å². The van der Waals surface area contributed by atoms with Gasteiger partial charge in [-0.25, -0.2) is 9.59 Å². The zero-order chi connectivity index (χ0) is 39.6. The molecule has 2 saturated carbocycles. The Kier molecular flexibility index (Phi) is 14.1. The predicted molar refractivity (Wildman–Crippen MR) is 221 cm³/mol. The largest absolute Gasteiger partial charge is 0.481 e. The molecular formula is C44H50N2O8S2. The van der Waals surface area contributed by atoms with Crippen LogP contribution in [0.1, 0.15) is 103 Å². The molecule has 4 aromatic rings. The van der Waals surface area contributed by atoms with Crippen molar-refractivity contribution in [1.82, 2.24) is 0 Å². The van der Waals surface area contributed by atoms with Crippen molar-refractivity contribution >= 4 is 63.6 Å². The fourth-order valence-corrected chi connectivity index (χ4v) is 10.5. The maximum Gasteiger partial charge on any atom is 0.350 e. The summed E-state index contributed by atoms with van der Waals surface area (Å²) in [6.45, 7) is 0. The number of hydrogen-bond acceptors (Lipinski definition) is 10. The Morgan fingerprint density at radius 3 is 1.88 bits per heavy atom. The summed E-state index contributed by atoms with van der Waals surface area (Å²) in [6, 6.07) is 23.1. The molecule has 1 aliphatic heterocycles. The highest BCUT2D eigenvalue weighted by atomic mass is 32.1. The molecule has 1 saturated heterocycles. The van der Waals surface area contributed by atoms with E-state index in [9.17, 15) is 29.1 Å². The summed E-state index contributed by atoms with van der Waals surface area (Å²) in [6.07, 6.45) is 11.3. The van der Waals surface area contributed by atoms with Gasteiger partial charge >= 0.3 is 17.9 Å². The molecule has 0 radical (unpaired) electrons. The SMILES string of the molecule is COC(=O)c1sc(-c2ccccc2)cc1N1C(=O)CC(=O)CC1C1CCCCC1.COC(=O)c1sc(-c2ccccc2)cc1NC(CC(=O)O)C1CCCCC1. The minimum atomic E-state index is -0.823. The summed E-state index contributed by atoms with van der Waals surface area (Å²) < 4.78 is 9.97. The van der Waals surface area contributed by atoms with Gasteiger partial charge in [-0.2, -0.15) is 0 Å². The number of ketones is 1. The van der Waals surface area contributed by atoms with Gasteiger partial charge in [-0.1, -0.05) is 99.2 Å². The van der Waals surface area contributed by atoms with Crippen molar-refractivity contribution in [2.24, 2.45) is 11.8 Å². The van der Waals surface area contributed by atoms with Gasteiger partial charge in [0, 0.05) is 28.3 Å². The zero-order valence-electron chi connectivity index (χ0n) is 32.0. The first-order chi connectivity index (χ1) is 27.2. The second-order valence-corrected chi connectivity index (χ2v) is 16.9. The summed E-state index contributed by atoms with van der Waals surface area (Å²) in [5.41, 5.74) is 3.27. The third-order valence-electron chi connectivity index (χ3n) is 11.1. The molecule has 7 rings (SSSR count). The van der Waals surface area contributed by atoms with Gasteiger partial charge in [-0.15, -0.1) is 22.7 Å². The molecule has 56 heavy (non-hydrogen) atoms. The van der Waals surface area contributed by atoms with Crippen molar-refractivity contribution in [3.8, 4) is 20.9 Å². The smallest absolute Gasteiger partial charge is 0.350 e. The Morgan fingerprint density at radius 1 is 0.768 bits per heavy atom. The molecular weight excluding hydrogens is 749 g/mol. The molecule has 12 heteroatoms. The lowest BCUT2D eigenvalue weighted by atomic mass is 9.79. The first kappa shape index (κ1) is 40.8. The number of amides is 1. The van der Waals surface area contributed by atoms with E-state index in [4.69, 9.17) is 9.47 Å². The molecule has 0 bridgehead atoms. The topological polar surface area (TPSA) is 139 Å². The standard InChI is InChI=1S/C23H25NO4S.C21H25NO4S/c1-28-23(27)22-19(14-20(29-22)16-10-6-3-7-11-16)24-18(12-17(25)13-21(24)26)15-8-4-2-5-9-15;1-26-21(25)20-17(12-18(27-20)15-10-6-3-7-11-15)22-16(13-19(23)24)14-8-4-2-5-9-14/h3,6-7,10-11,14-15,18H,2,4-5,8-9,12-13H2,1H3;3,6-7,10-12,14,16,22H,2,4-5,8-9,13H2,1H3,(H,23,24). The number of anilines is 2. The minimum absolute atomic E-state index is 0.0000426. The number of nitrogens with zero attached hydrogens (tertiary/aromatic N) is 1. The monoisotopic (exact) mass is 798 g/mol. The minimum Gasteiger partial charge on any atom is -0.481 e. The predicted octanol–water partition coefficient (Wildman–Crippen LogP) is 9.88. The van der Waals surface area contributed by atoms with Crippen molar-refractivity contribution in [1.29, 1.82) is 0 Å². The van der Waals surface area contributed by atoms with Crippen molar-refractivity contribution in [3.63, 3.8) is 0 Å². The maximum absolute atomic E-state index is 13.0. The molecule has 3 fully saturated rings. The first-order valence-corrected chi connectivity index (χ1v) is 21.2. The number of nitrogens with one attached hydrogen (secondary N) is 1. The van der Waals surface area contributed by atoms with Crippen LogP contribution in [0.15, 0.2) is 72.8 Å². The van der Waals surface area contributed by atoms with E-state index >= 15 is 0 Å². The van der Waals surface area contributed by atoms with Crippen LogP contribution >= 0.6 is 22.7 Å². The van der Waals surface area contributed by atoms with Crippen LogP contribution in [0.5, 0.6) is 0 Å². The van der Waals surface area contributed by atoms with Crippen molar-refractivity contribution in [2.75, 3.05) is 24.4 Å². The molecule has 3 heterocycles. The fraction of sp³-hybridized carbons (Fsp3) is 0.432. The van der Waals surface area contributed by atoms with Crippen molar-refractivity contribution < 1.29 is 38.6 Å². The molecule has 2 aromatic heterocycles. The Hall–Kier alpha value is -4.81. The number of methoxy groups -OCH3 is 2. The Bertz CT molecular complexity index is 1980. The van der Waals surface area contributed by atoms with Crippen LogP contribution in [0.3, 0.4) is 0 Å². The highest BCUT2D eigenvalue weighted by molar-refractivity contribution is 7.18. The van der Waals surface area contributed by atoms with Crippen LogP contribution in [0, 0.1) is 11.8 Å². The number of aliphatic carboxylic acids is 1. The van der Waals surface area contributed by atoms with Crippen LogP contribution in [0.25, 0.3) is 20.9 Å². The third-order valence-corrected chi connectivity index (χ3v) is 13.4. The summed E-state index contributed by atoms with van der Waals surface area (Å²) in [5.74, 6) is -1.28. The maximum atomic E-state index is 13.0. The molecule has 0 spiro atoms. The fourth-order valence-electron chi connectivity index (χ4n) is 8.34. The Morgan fingerprint density at radius 2 is 1.30 bits per heavy atom. The van der Waals surface area contributed by atoms with E-state index in [0.717, 1.165) is 72.2 Å². The number of esters is 2. The highest BCUT2D eigenvalue weighted by Crippen LogP contribution is 2.43. The van der Waals surface area contributed by atoms with E-state index in [1.807, 2.05) is 72.8 Å². The van der Waals surface area contributed by atoms with E-state index in [1.54, 1.807) is 4.90 Å². The van der Waals surface area contributed by atoms with Gasteiger partial charge in [0.25, 0.3) is 0 Å². The van der Waals surface area contributed by atoms with Gasteiger partial charge in [0.2, 0.25) is 5.91 Å². The summed E-state index contributed by atoms with van der Waals surface area (Å²) in [4.78, 5) is 66.1. The van der Waals surface area contributed by atoms with Gasteiger partial charge in [-0.05, 0) is 60.8 Å². The van der Waals surface area contributed by atoms with Gasteiger partial charge in [0.1, 0.15) is 15.5 Å². The summed E-state index contributed by atoms with van der Waals surface area (Å²) >= 11 is 2.71. The Labute approximate surface area is 336 Å². The number of carbonyl (C=O) groups excluding carboxylic acids is 4. The van der Waals surface area contributed by atoms with Gasteiger partial charge < -0.3 is 24.8 Å². The normalized spacial score (nSPS) is 18.4. The lowest BCUT2D eigenvalue weighted by Gasteiger charge is -2.41. The van der Waals surface area contributed by atoms with Crippen LogP contribution in [0.2, 0.25) is 0 Å². The van der Waals surface area contributed by atoms with Gasteiger partial charge in [-0.3, -0.25) is 14.4 Å². The number of ether oxygens (including phenoxy) is 2. The number of piperidine rings is 1. The summed E-state index contributed by atoms with van der Waals surface area (Å²) in [5, 5.41) is 12.8. The summed E-state index contributed by atoms with van der Waals surface area (Å²) in [7, 11) is 2.72. The lowest BCUT2D eigenvalue weighted by molar-refractivity contribution is -0.137.